The molecule has 0 radical (unpaired) electrons. The van der Waals surface area contributed by atoms with E-state index in [1.54, 1.807) is 42.5 Å². The fraction of sp³-hybridized carbons (Fsp3) is 0.167. The molecule has 0 bridgehead atoms. The Morgan fingerprint density at radius 1 is 0.903 bits per heavy atom. The van der Waals surface area contributed by atoms with Crippen LogP contribution in [0.15, 0.2) is 72.8 Å². The smallest absolute Gasteiger partial charge is 0.251 e. The van der Waals surface area contributed by atoms with Gasteiger partial charge in [0.1, 0.15) is 5.75 Å². The Balaban J connectivity index is 1.39. The number of benzene rings is 3. The lowest BCUT2D eigenvalue weighted by Gasteiger charge is -2.09. The van der Waals surface area contributed by atoms with E-state index in [1.807, 2.05) is 30.3 Å². The molecular formula is C24H22Cl2N2O3. The standard InChI is InChI=1S/C24H22Cl2N2O3/c25-19-10-13-22(21(26)15-19)31-14-4-7-23(29)28-20-11-8-18(9-12-20)24(30)27-16-17-5-2-1-3-6-17/h1-3,5-6,8-13,15H,4,7,14,16H2,(H,27,30)(H,28,29). The molecule has 0 aliphatic carbocycles. The van der Waals surface area contributed by atoms with E-state index in [0.29, 0.717) is 53.0 Å². The maximum atomic E-state index is 12.3. The molecule has 0 fully saturated rings. The predicted molar refractivity (Wildman–Crippen MR) is 124 cm³/mol. The molecule has 3 aromatic carbocycles. The molecule has 2 N–H and O–H groups in total. The van der Waals surface area contributed by atoms with Crippen molar-refractivity contribution in [2.75, 3.05) is 11.9 Å². The van der Waals surface area contributed by atoms with Gasteiger partial charge in [0.25, 0.3) is 5.91 Å². The molecule has 0 atom stereocenters. The van der Waals surface area contributed by atoms with Crippen LogP contribution in [0.3, 0.4) is 0 Å². The first kappa shape index (κ1) is 22.7. The van der Waals surface area contributed by atoms with Crippen molar-refractivity contribution in [2.24, 2.45) is 0 Å². The Hall–Kier alpha value is -3.02. The van der Waals surface area contributed by atoms with Crippen LogP contribution in [0.1, 0.15) is 28.8 Å². The van der Waals surface area contributed by atoms with Crippen LogP contribution >= 0.6 is 23.2 Å². The van der Waals surface area contributed by atoms with Crippen molar-refractivity contribution in [3.05, 3.63) is 94.0 Å². The summed E-state index contributed by atoms with van der Waals surface area (Å²) in [5.41, 5.74) is 2.19. The maximum absolute atomic E-state index is 12.3. The maximum Gasteiger partial charge on any atom is 0.251 e. The van der Waals surface area contributed by atoms with Crippen LogP contribution in [-0.2, 0) is 11.3 Å². The highest BCUT2D eigenvalue weighted by molar-refractivity contribution is 6.35. The van der Waals surface area contributed by atoms with Crippen LogP contribution < -0.4 is 15.4 Å². The molecular weight excluding hydrogens is 435 g/mol. The van der Waals surface area contributed by atoms with E-state index < -0.39 is 0 Å². The molecule has 160 valence electrons. The predicted octanol–water partition coefficient (Wildman–Crippen LogP) is 5.72. The fourth-order valence-electron chi connectivity index (χ4n) is 2.82. The topological polar surface area (TPSA) is 67.4 Å². The van der Waals surface area contributed by atoms with Gasteiger partial charge in [0, 0.05) is 29.2 Å². The zero-order valence-corrected chi connectivity index (χ0v) is 18.2. The van der Waals surface area contributed by atoms with Crippen molar-refractivity contribution in [1.29, 1.82) is 0 Å². The van der Waals surface area contributed by atoms with E-state index in [0.717, 1.165) is 5.56 Å². The van der Waals surface area contributed by atoms with Gasteiger partial charge in [-0.05, 0) is 54.4 Å². The third-order valence-electron chi connectivity index (χ3n) is 4.43. The number of carbonyl (C=O) groups is 2. The van der Waals surface area contributed by atoms with Crippen LogP contribution in [0, 0.1) is 0 Å². The lowest BCUT2D eigenvalue weighted by Crippen LogP contribution is -2.22. The van der Waals surface area contributed by atoms with Gasteiger partial charge in [-0.3, -0.25) is 9.59 Å². The summed E-state index contributed by atoms with van der Waals surface area (Å²) in [6, 6.07) is 21.5. The Labute approximate surface area is 191 Å². The summed E-state index contributed by atoms with van der Waals surface area (Å²) in [5.74, 6) is 0.236. The second-order valence-electron chi connectivity index (χ2n) is 6.82. The van der Waals surface area contributed by atoms with Crippen molar-refractivity contribution in [2.45, 2.75) is 19.4 Å². The molecule has 31 heavy (non-hydrogen) atoms. The van der Waals surface area contributed by atoms with Crippen molar-refractivity contribution in [3.8, 4) is 5.75 Å². The average Bonchev–Trinajstić information content (AvgIpc) is 2.77. The van der Waals surface area contributed by atoms with E-state index >= 15 is 0 Å². The summed E-state index contributed by atoms with van der Waals surface area (Å²) in [4.78, 5) is 24.4. The molecule has 0 aliphatic rings. The molecule has 5 nitrogen and oxygen atoms in total. The summed E-state index contributed by atoms with van der Waals surface area (Å²) in [6.07, 6.45) is 0.829. The van der Waals surface area contributed by atoms with Gasteiger partial charge in [0.2, 0.25) is 5.91 Å². The highest BCUT2D eigenvalue weighted by Gasteiger charge is 2.08. The quantitative estimate of drug-likeness (QED) is 0.404. The monoisotopic (exact) mass is 456 g/mol. The number of carbonyl (C=O) groups excluding carboxylic acids is 2. The largest absolute Gasteiger partial charge is 0.492 e. The van der Waals surface area contributed by atoms with E-state index in [9.17, 15) is 9.59 Å². The van der Waals surface area contributed by atoms with E-state index in [1.165, 1.54) is 0 Å². The Morgan fingerprint density at radius 2 is 1.65 bits per heavy atom. The molecule has 0 spiro atoms. The Bertz CT molecular complexity index is 1020. The van der Waals surface area contributed by atoms with E-state index in [4.69, 9.17) is 27.9 Å². The number of ether oxygens (including phenoxy) is 1. The average molecular weight is 457 g/mol. The van der Waals surface area contributed by atoms with Gasteiger partial charge in [-0.15, -0.1) is 0 Å². The zero-order chi connectivity index (χ0) is 22.1. The molecule has 3 aromatic rings. The minimum absolute atomic E-state index is 0.132. The van der Waals surface area contributed by atoms with Gasteiger partial charge in [-0.1, -0.05) is 53.5 Å². The van der Waals surface area contributed by atoms with Gasteiger partial charge < -0.3 is 15.4 Å². The molecule has 2 amide bonds. The lowest BCUT2D eigenvalue weighted by molar-refractivity contribution is -0.116. The molecule has 3 rings (SSSR count). The molecule has 0 heterocycles. The number of hydrogen-bond acceptors (Lipinski definition) is 3. The van der Waals surface area contributed by atoms with Crippen LogP contribution in [0.4, 0.5) is 5.69 Å². The third kappa shape index (κ3) is 7.31. The van der Waals surface area contributed by atoms with Crippen molar-refractivity contribution in [1.82, 2.24) is 5.32 Å². The van der Waals surface area contributed by atoms with Crippen molar-refractivity contribution in [3.63, 3.8) is 0 Å². The normalized spacial score (nSPS) is 10.4. The molecule has 7 heteroatoms. The first-order valence-corrected chi connectivity index (χ1v) is 10.6. The number of anilines is 1. The van der Waals surface area contributed by atoms with Crippen molar-refractivity contribution < 1.29 is 14.3 Å². The van der Waals surface area contributed by atoms with Gasteiger partial charge in [0.05, 0.1) is 11.6 Å². The third-order valence-corrected chi connectivity index (χ3v) is 4.96. The van der Waals surface area contributed by atoms with Gasteiger partial charge >= 0.3 is 0 Å². The van der Waals surface area contributed by atoms with E-state index in [-0.39, 0.29) is 11.8 Å². The summed E-state index contributed by atoms with van der Waals surface area (Å²) in [7, 11) is 0. The molecule has 0 aliphatic heterocycles. The first-order valence-electron chi connectivity index (χ1n) is 9.81. The molecule has 0 saturated carbocycles. The summed E-state index contributed by atoms with van der Waals surface area (Å²) < 4.78 is 5.57. The lowest BCUT2D eigenvalue weighted by atomic mass is 10.1. The van der Waals surface area contributed by atoms with Crippen LogP contribution in [0.25, 0.3) is 0 Å². The number of nitrogens with one attached hydrogen (secondary N) is 2. The second-order valence-corrected chi connectivity index (χ2v) is 7.66. The number of hydrogen-bond donors (Lipinski definition) is 2. The number of halogens is 2. The summed E-state index contributed by atoms with van der Waals surface area (Å²) in [5, 5.41) is 6.66. The Morgan fingerprint density at radius 3 is 2.35 bits per heavy atom. The second kappa shape index (κ2) is 11.4. The Kier molecular flexibility index (Phi) is 8.33. The molecule has 0 saturated heterocycles. The highest BCUT2D eigenvalue weighted by Crippen LogP contribution is 2.27. The van der Waals surface area contributed by atoms with Gasteiger partial charge in [0.15, 0.2) is 0 Å². The number of amides is 2. The summed E-state index contributed by atoms with van der Waals surface area (Å²) in [6.45, 7) is 0.816. The van der Waals surface area contributed by atoms with Gasteiger partial charge in [-0.2, -0.15) is 0 Å². The van der Waals surface area contributed by atoms with Gasteiger partial charge in [-0.25, -0.2) is 0 Å². The molecule has 0 aromatic heterocycles. The highest BCUT2D eigenvalue weighted by atomic mass is 35.5. The van der Waals surface area contributed by atoms with Crippen LogP contribution in [0.5, 0.6) is 5.75 Å². The minimum atomic E-state index is -0.167. The zero-order valence-electron chi connectivity index (χ0n) is 16.7. The van der Waals surface area contributed by atoms with E-state index in [2.05, 4.69) is 10.6 Å². The van der Waals surface area contributed by atoms with Crippen molar-refractivity contribution >= 4 is 40.7 Å². The SMILES string of the molecule is O=C(CCCOc1ccc(Cl)cc1Cl)Nc1ccc(C(=O)NCc2ccccc2)cc1. The molecule has 0 unspecified atom stereocenters. The fourth-order valence-corrected chi connectivity index (χ4v) is 3.28. The van der Waals surface area contributed by atoms with Crippen LogP contribution in [0.2, 0.25) is 10.0 Å². The first-order chi connectivity index (χ1) is 15.0. The minimum Gasteiger partial charge on any atom is -0.492 e. The number of rotatable bonds is 9. The van der Waals surface area contributed by atoms with Crippen LogP contribution in [-0.4, -0.2) is 18.4 Å². The summed E-state index contributed by atoms with van der Waals surface area (Å²) >= 11 is 11.9.